The number of thiophene rings is 1. The highest BCUT2D eigenvalue weighted by atomic mass is 32.1. The fourth-order valence-corrected chi connectivity index (χ4v) is 5.29. The molecule has 1 aromatic carbocycles. The molecule has 0 spiro atoms. The SMILES string of the molecule is COC(=O)C1C(C)=NC2=C(C(=O)CC(c3cccs3)C2)C1c1ccc(C(F)(F)F)cc1. The zero-order valence-corrected chi connectivity index (χ0v) is 17.7. The highest BCUT2D eigenvalue weighted by Crippen LogP contribution is 2.47. The molecule has 0 saturated carbocycles. The van der Waals surface area contributed by atoms with E-state index in [4.69, 9.17) is 4.74 Å². The van der Waals surface area contributed by atoms with Gasteiger partial charge in [0.25, 0.3) is 0 Å². The van der Waals surface area contributed by atoms with Crippen molar-refractivity contribution in [3.63, 3.8) is 0 Å². The van der Waals surface area contributed by atoms with E-state index in [9.17, 15) is 22.8 Å². The molecule has 1 aliphatic carbocycles. The minimum Gasteiger partial charge on any atom is -0.468 e. The monoisotopic (exact) mass is 447 g/mol. The lowest BCUT2D eigenvalue weighted by Gasteiger charge is -2.36. The van der Waals surface area contributed by atoms with Crippen LogP contribution in [0.2, 0.25) is 0 Å². The van der Waals surface area contributed by atoms with E-state index in [-0.39, 0.29) is 18.1 Å². The summed E-state index contributed by atoms with van der Waals surface area (Å²) in [4.78, 5) is 31.5. The van der Waals surface area contributed by atoms with Gasteiger partial charge in [-0.2, -0.15) is 13.2 Å². The Morgan fingerprint density at radius 3 is 2.45 bits per heavy atom. The zero-order chi connectivity index (χ0) is 22.3. The number of carbonyl (C=O) groups is 2. The fourth-order valence-electron chi connectivity index (χ4n) is 4.46. The van der Waals surface area contributed by atoms with E-state index in [1.807, 2.05) is 17.5 Å². The van der Waals surface area contributed by atoms with E-state index < -0.39 is 29.5 Å². The molecule has 0 radical (unpaired) electrons. The molecule has 31 heavy (non-hydrogen) atoms. The molecule has 3 unspecified atom stereocenters. The van der Waals surface area contributed by atoms with Crippen LogP contribution >= 0.6 is 11.3 Å². The number of esters is 1. The standard InChI is InChI=1S/C23H20F3NO3S/c1-12-19(22(29)30-2)20(13-5-7-15(8-6-13)23(24,25)26)21-16(27-12)10-14(11-17(21)28)18-4-3-9-31-18/h3-9,14,19-20H,10-11H2,1-2H3. The number of carbonyl (C=O) groups excluding carboxylic acids is 2. The summed E-state index contributed by atoms with van der Waals surface area (Å²) < 4.78 is 44.1. The lowest BCUT2D eigenvalue weighted by Crippen LogP contribution is -2.37. The molecular formula is C23H20F3NO3S. The third kappa shape index (κ3) is 3.96. The molecule has 0 N–H and O–H groups in total. The molecule has 0 fully saturated rings. The molecule has 2 aromatic rings. The first-order chi connectivity index (χ1) is 14.7. The predicted molar refractivity (Wildman–Crippen MR) is 111 cm³/mol. The molecule has 0 amide bonds. The summed E-state index contributed by atoms with van der Waals surface area (Å²) in [5.74, 6) is -2.27. The number of methoxy groups -OCH3 is 1. The van der Waals surface area contributed by atoms with Crippen molar-refractivity contribution in [2.24, 2.45) is 10.9 Å². The summed E-state index contributed by atoms with van der Waals surface area (Å²) in [6, 6.07) is 8.55. The Hall–Kier alpha value is -2.74. The first kappa shape index (κ1) is 21.5. The molecule has 0 bridgehead atoms. The number of benzene rings is 1. The van der Waals surface area contributed by atoms with E-state index in [1.165, 1.54) is 19.2 Å². The Morgan fingerprint density at radius 1 is 1.16 bits per heavy atom. The van der Waals surface area contributed by atoms with Gasteiger partial charge in [-0.05, 0) is 42.5 Å². The number of allylic oxidation sites excluding steroid dienone is 2. The lowest BCUT2D eigenvalue weighted by molar-refractivity contribution is -0.143. The summed E-state index contributed by atoms with van der Waals surface area (Å²) in [5, 5.41) is 1.96. The van der Waals surface area contributed by atoms with Crippen LogP contribution in [0.5, 0.6) is 0 Å². The molecule has 1 aliphatic heterocycles. The topological polar surface area (TPSA) is 55.7 Å². The maximum atomic E-state index is 13.3. The van der Waals surface area contributed by atoms with Gasteiger partial charge in [0.05, 0.1) is 12.7 Å². The van der Waals surface area contributed by atoms with Crippen molar-refractivity contribution in [2.45, 2.75) is 37.8 Å². The first-order valence-electron chi connectivity index (χ1n) is 9.80. The van der Waals surface area contributed by atoms with E-state index in [0.29, 0.717) is 29.0 Å². The van der Waals surface area contributed by atoms with Crippen LogP contribution in [-0.2, 0) is 20.5 Å². The lowest BCUT2D eigenvalue weighted by atomic mass is 9.70. The van der Waals surface area contributed by atoms with Crippen LogP contribution < -0.4 is 0 Å². The van der Waals surface area contributed by atoms with Gasteiger partial charge in [0.1, 0.15) is 5.92 Å². The average Bonchev–Trinajstić information content (AvgIpc) is 3.26. The van der Waals surface area contributed by atoms with Crippen molar-refractivity contribution < 1.29 is 27.5 Å². The number of rotatable bonds is 3. The summed E-state index contributed by atoms with van der Waals surface area (Å²) in [5.41, 5.74) is 1.20. The van der Waals surface area contributed by atoms with Gasteiger partial charge in [-0.15, -0.1) is 11.3 Å². The second kappa shape index (κ2) is 8.07. The number of nitrogens with zero attached hydrogens (tertiary/aromatic N) is 1. The number of aliphatic imine (C=N–C) groups is 1. The number of Topliss-reactive ketones (excluding diaryl/α,β-unsaturated/α-hetero) is 1. The van der Waals surface area contributed by atoms with E-state index >= 15 is 0 Å². The van der Waals surface area contributed by atoms with E-state index in [0.717, 1.165) is 17.0 Å². The number of hydrogen-bond donors (Lipinski definition) is 0. The molecular weight excluding hydrogens is 427 g/mol. The minimum absolute atomic E-state index is 0.00531. The van der Waals surface area contributed by atoms with Crippen molar-refractivity contribution in [1.82, 2.24) is 0 Å². The van der Waals surface area contributed by atoms with Crippen molar-refractivity contribution in [3.8, 4) is 0 Å². The molecule has 3 atom stereocenters. The van der Waals surface area contributed by atoms with Crippen molar-refractivity contribution in [1.29, 1.82) is 0 Å². The Morgan fingerprint density at radius 2 is 1.87 bits per heavy atom. The molecule has 1 aromatic heterocycles. The molecule has 162 valence electrons. The largest absolute Gasteiger partial charge is 0.468 e. The highest BCUT2D eigenvalue weighted by Gasteiger charge is 2.45. The molecule has 0 saturated heterocycles. The molecule has 2 aliphatic rings. The van der Waals surface area contributed by atoms with Crippen LogP contribution in [0.25, 0.3) is 0 Å². The molecule has 4 rings (SSSR count). The number of alkyl halides is 3. The molecule has 8 heteroatoms. The van der Waals surface area contributed by atoms with Crippen molar-refractivity contribution >= 4 is 28.8 Å². The Labute approximate surface area is 181 Å². The van der Waals surface area contributed by atoms with Gasteiger partial charge < -0.3 is 4.74 Å². The van der Waals surface area contributed by atoms with Crippen LogP contribution in [0.15, 0.2) is 58.0 Å². The van der Waals surface area contributed by atoms with Crippen molar-refractivity contribution in [2.75, 3.05) is 7.11 Å². The predicted octanol–water partition coefficient (Wildman–Crippen LogP) is 5.52. The Bertz CT molecular complexity index is 1070. The van der Waals surface area contributed by atoms with Gasteiger partial charge in [0, 0.05) is 40.1 Å². The third-order valence-electron chi connectivity index (χ3n) is 5.89. The summed E-state index contributed by atoms with van der Waals surface area (Å²) in [6.45, 7) is 1.70. The maximum Gasteiger partial charge on any atom is 0.416 e. The van der Waals surface area contributed by atoms with Gasteiger partial charge in [0.2, 0.25) is 0 Å². The highest BCUT2D eigenvalue weighted by molar-refractivity contribution is 7.10. The maximum absolute atomic E-state index is 13.3. The Kier molecular flexibility index (Phi) is 5.60. The molecule has 4 nitrogen and oxygen atoms in total. The molecule has 2 heterocycles. The van der Waals surface area contributed by atoms with Gasteiger partial charge in [-0.1, -0.05) is 18.2 Å². The van der Waals surface area contributed by atoms with Crippen molar-refractivity contribution in [3.05, 3.63) is 69.1 Å². The first-order valence-corrected chi connectivity index (χ1v) is 10.7. The average molecular weight is 447 g/mol. The second-order valence-electron chi connectivity index (χ2n) is 7.76. The van der Waals surface area contributed by atoms with Crippen LogP contribution in [0.3, 0.4) is 0 Å². The zero-order valence-electron chi connectivity index (χ0n) is 16.9. The quantitative estimate of drug-likeness (QED) is 0.583. The number of halogens is 3. The smallest absolute Gasteiger partial charge is 0.416 e. The van der Waals surface area contributed by atoms with E-state index in [1.54, 1.807) is 18.3 Å². The normalized spacial score (nSPS) is 24.0. The second-order valence-corrected chi connectivity index (χ2v) is 8.73. The summed E-state index contributed by atoms with van der Waals surface area (Å²) in [7, 11) is 1.25. The van der Waals surface area contributed by atoms with Gasteiger partial charge in [0.15, 0.2) is 5.78 Å². The van der Waals surface area contributed by atoms with Gasteiger partial charge in [-0.3, -0.25) is 14.6 Å². The Balaban J connectivity index is 1.80. The fraction of sp³-hybridized carbons (Fsp3) is 0.348. The third-order valence-corrected chi connectivity index (χ3v) is 6.92. The summed E-state index contributed by atoms with van der Waals surface area (Å²) in [6.07, 6.45) is -3.65. The minimum atomic E-state index is -4.47. The van der Waals surface area contributed by atoms with Crippen LogP contribution in [0.4, 0.5) is 13.2 Å². The van der Waals surface area contributed by atoms with Crippen LogP contribution in [0.1, 0.15) is 47.6 Å². The summed E-state index contributed by atoms with van der Waals surface area (Å²) >= 11 is 1.58. The van der Waals surface area contributed by atoms with Gasteiger partial charge in [-0.25, -0.2) is 0 Å². The number of ketones is 1. The van der Waals surface area contributed by atoms with Crippen LogP contribution in [0, 0.1) is 5.92 Å². The number of hydrogen-bond acceptors (Lipinski definition) is 5. The van der Waals surface area contributed by atoms with Gasteiger partial charge >= 0.3 is 12.1 Å². The van der Waals surface area contributed by atoms with E-state index in [2.05, 4.69) is 4.99 Å². The van der Waals surface area contributed by atoms with Crippen LogP contribution in [-0.4, -0.2) is 24.6 Å². The number of ether oxygens (including phenoxy) is 1.